The van der Waals surface area contributed by atoms with Crippen molar-refractivity contribution < 1.29 is 0 Å². The molecule has 3 rings (SSSR count). The Morgan fingerprint density at radius 1 is 1.05 bits per heavy atom. The Bertz CT molecular complexity index is 735. The van der Waals surface area contributed by atoms with Gasteiger partial charge >= 0.3 is 0 Å². The molecule has 0 radical (unpaired) electrons. The van der Waals surface area contributed by atoms with Gasteiger partial charge in [-0.1, -0.05) is 36.4 Å². The van der Waals surface area contributed by atoms with E-state index in [1.165, 1.54) is 10.3 Å². The minimum absolute atomic E-state index is 0.0699. The quantitative estimate of drug-likeness (QED) is 0.439. The smallest absolute Gasteiger partial charge is 0.0731 e. The fourth-order valence-electron chi connectivity index (χ4n) is 2.53. The number of hydrogen-bond acceptors (Lipinski definition) is 4. The fraction of sp³-hybridized carbons (Fsp3) is 0.118. The van der Waals surface area contributed by atoms with Crippen LogP contribution in [0.15, 0.2) is 65.8 Å². The first-order chi connectivity index (χ1) is 10.3. The van der Waals surface area contributed by atoms with Crippen molar-refractivity contribution in [3.05, 3.63) is 72.1 Å². The summed E-state index contributed by atoms with van der Waals surface area (Å²) in [6, 6.07) is 16.6. The monoisotopic (exact) mass is 295 g/mol. The van der Waals surface area contributed by atoms with E-state index in [1.807, 2.05) is 24.5 Å². The summed E-state index contributed by atoms with van der Waals surface area (Å²) in [7, 11) is 0. The summed E-state index contributed by atoms with van der Waals surface area (Å²) < 4.78 is 0. The summed E-state index contributed by atoms with van der Waals surface area (Å²) in [5, 5.41) is 2.29. The Morgan fingerprint density at radius 3 is 2.52 bits per heavy atom. The highest BCUT2D eigenvalue weighted by Gasteiger charge is 2.15. The Morgan fingerprint density at radius 2 is 1.81 bits per heavy atom. The van der Waals surface area contributed by atoms with Crippen LogP contribution in [0.2, 0.25) is 0 Å². The lowest BCUT2D eigenvalue weighted by Gasteiger charge is -2.18. The molecule has 4 heteroatoms. The number of pyridine rings is 1. The maximum Gasteiger partial charge on any atom is 0.0731 e. The maximum absolute atomic E-state index is 5.82. The van der Waals surface area contributed by atoms with E-state index >= 15 is 0 Å². The van der Waals surface area contributed by atoms with Gasteiger partial charge in [0.1, 0.15) is 0 Å². The lowest BCUT2D eigenvalue weighted by molar-refractivity contribution is 0.638. The van der Waals surface area contributed by atoms with Crippen LogP contribution < -0.4 is 11.3 Å². The van der Waals surface area contributed by atoms with E-state index < -0.39 is 0 Å². The molecule has 106 valence electrons. The van der Waals surface area contributed by atoms with E-state index in [0.29, 0.717) is 0 Å². The number of fused-ring (bicyclic) bond motifs is 1. The number of benzene rings is 2. The summed E-state index contributed by atoms with van der Waals surface area (Å²) in [6.45, 7) is 0. The van der Waals surface area contributed by atoms with Gasteiger partial charge < -0.3 is 0 Å². The zero-order valence-corrected chi connectivity index (χ0v) is 12.6. The van der Waals surface area contributed by atoms with E-state index in [9.17, 15) is 0 Å². The third kappa shape index (κ3) is 2.78. The molecule has 3 aromatic rings. The molecule has 1 atom stereocenters. The third-order valence-electron chi connectivity index (χ3n) is 3.63. The van der Waals surface area contributed by atoms with Crippen LogP contribution in [-0.2, 0) is 0 Å². The highest BCUT2D eigenvalue weighted by atomic mass is 32.2. The normalized spacial score (nSPS) is 12.5. The van der Waals surface area contributed by atoms with Gasteiger partial charge in [0.15, 0.2) is 0 Å². The molecule has 3 nitrogen and oxygen atoms in total. The summed E-state index contributed by atoms with van der Waals surface area (Å²) in [5.74, 6) is 5.82. The number of rotatable bonds is 4. The summed E-state index contributed by atoms with van der Waals surface area (Å²) >= 11 is 1.73. The molecule has 0 amide bonds. The van der Waals surface area contributed by atoms with Crippen LogP contribution >= 0.6 is 11.8 Å². The van der Waals surface area contributed by atoms with Crippen molar-refractivity contribution in [1.29, 1.82) is 0 Å². The van der Waals surface area contributed by atoms with E-state index in [4.69, 9.17) is 5.84 Å². The molecule has 0 bridgehead atoms. The molecule has 0 spiro atoms. The first-order valence-electron chi connectivity index (χ1n) is 6.76. The second kappa shape index (κ2) is 6.26. The van der Waals surface area contributed by atoms with E-state index in [0.717, 1.165) is 16.5 Å². The molecule has 2 aromatic carbocycles. The van der Waals surface area contributed by atoms with Crippen LogP contribution in [0.4, 0.5) is 0 Å². The van der Waals surface area contributed by atoms with E-state index in [2.05, 4.69) is 53.1 Å². The maximum atomic E-state index is 5.82. The topological polar surface area (TPSA) is 50.9 Å². The minimum Gasteiger partial charge on any atom is -0.271 e. The Kier molecular flexibility index (Phi) is 4.20. The largest absolute Gasteiger partial charge is 0.271 e. The Labute approximate surface area is 128 Å². The highest BCUT2D eigenvalue weighted by molar-refractivity contribution is 7.98. The first kappa shape index (κ1) is 14.1. The van der Waals surface area contributed by atoms with Gasteiger partial charge in [0, 0.05) is 28.2 Å². The first-order valence-corrected chi connectivity index (χ1v) is 7.98. The van der Waals surface area contributed by atoms with Gasteiger partial charge in [0.05, 0.1) is 6.04 Å². The van der Waals surface area contributed by atoms with Crippen LogP contribution in [0.25, 0.3) is 10.8 Å². The van der Waals surface area contributed by atoms with Crippen molar-refractivity contribution in [1.82, 2.24) is 10.4 Å². The lowest BCUT2D eigenvalue weighted by atomic mass is 9.96. The molecule has 21 heavy (non-hydrogen) atoms. The van der Waals surface area contributed by atoms with Crippen molar-refractivity contribution in [3.63, 3.8) is 0 Å². The molecule has 0 fully saturated rings. The van der Waals surface area contributed by atoms with Crippen molar-refractivity contribution in [2.24, 2.45) is 5.84 Å². The summed E-state index contributed by atoms with van der Waals surface area (Å²) in [5.41, 5.74) is 5.14. The summed E-state index contributed by atoms with van der Waals surface area (Å²) in [4.78, 5) is 5.58. The molecule has 0 aliphatic heterocycles. The van der Waals surface area contributed by atoms with Gasteiger partial charge in [-0.3, -0.25) is 10.8 Å². The van der Waals surface area contributed by atoms with Crippen LogP contribution in [0.3, 0.4) is 0 Å². The third-order valence-corrected chi connectivity index (χ3v) is 4.37. The molecular formula is C17H17N3S. The lowest BCUT2D eigenvalue weighted by Crippen LogP contribution is -2.29. The van der Waals surface area contributed by atoms with Crippen molar-refractivity contribution >= 4 is 22.5 Å². The molecule has 1 aromatic heterocycles. The van der Waals surface area contributed by atoms with Crippen LogP contribution in [0.5, 0.6) is 0 Å². The number of nitrogens with one attached hydrogen (secondary N) is 1. The number of hydrazine groups is 1. The molecule has 1 unspecified atom stereocenters. The SMILES string of the molecule is CSc1ccc(C(NN)c2cncc3ccccc23)cc1. The number of nitrogens with zero attached hydrogens (tertiary/aromatic N) is 1. The van der Waals surface area contributed by atoms with Gasteiger partial charge in [-0.05, 0) is 29.3 Å². The van der Waals surface area contributed by atoms with Crippen LogP contribution in [0.1, 0.15) is 17.2 Å². The van der Waals surface area contributed by atoms with Gasteiger partial charge in [0.2, 0.25) is 0 Å². The number of thioether (sulfide) groups is 1. The van der Waals surface area contributed by atoms with Gasteiger partial charge in [-0.15, -0.1) is 11.8 Å². The van der Waals surface area contributed by atoms with E-state index in [1.54, 1.807) is 11.8 Å². The molecule has 1 heterocycles. The van der Waals surface area contributed by atoms with Gasteiger partial charge in [-0.2, -0.15) is 0 Å². The fourth-order valence-corrected chi connectivity index (χ4v) is 2.94. The average Bonchev–Trinajstić information content (AvgIpc) is 2.56. The number of nitrogens with two attached hydrogens (primary N) is 1. The minimum atomic E-state index is -0.0699. The van der Waals surface area contributed by atoms with Gasteiger partial charge in [0.25, 0.3) is 0 Å². The zero-order chi connectivity index (χ0) is 14.7. The predicted molar refractivity (Wildman–Crippen MR) is 89.1 cm³/mol. The molecule has 3 N–H and O–H groups in total. The molecular weight excluding hydrogens is 278 g/mol. The summed E-state index contributed by atoms with van der Waals surface area (Å²) in [6.07, 6.45) is 5.83. The molecule has 0 aliphatic carbocycles. The predicted octanol–water partition coefficient (Wildman–Crippen LogP) is 3.51. The highest BCUT2D eigenvalue weighted by Crippen LogP contribution is 2.28. The Hall–Kier alpha value is -1.88. The second-order valence-electron chi connectivity index (χ2n) is 4.82. The van der Waals surface area contributed by atoms with Crippen molar-refractivity contribution in [2.45, 2.75) is 10.9 Å². The Balaban J connectivity index is 2.09. The zero-order valence-electron chi connectivity index (χ0n) is 11.8. The van der Waals surface area contributed by atoms with Crippen molar-refractivity contribution in [2.75, 3.05) is 6.26 Å². The molecule has 0 saturated heterocycles. The van der Waals surface area contributed by atoms with Crippen LogP contribution in [-0.4, -0.2) is 11.2 Å². The second-order valence-corrected chi connectivity index (χ2v) is 5.70. The van der Waals surface area contributed by atoms with Crippen LogP contribution in [0, 0.1) is 0 Å². The van der Waals surface area contributed by atoms with Crippen molar-refractivity contribution in [3.8, 4) is 0 Å². The average molecular weight is 295 g/mol. The standard InChI is InChI=1S/C17H17N3S/c1-21-14-8-6-12(7-9-14)17(20-18)16-11-19-10-13-4-2-3-5-15(13)16/h2-11,17,20H,18H2,1H3. The number of aromatic nitrogens is 1. The number of hydrogen-bond donors (Lipinski definition) is 2. The molecule has 0 saturated carbocycles. The van der Waals surface area contributed by atoms with E-state index in [-0.39, 0.29) is 6.04 Å². The molecule has 0 aliphatic rings. The van der Waals surface area contributed by atoms with Gasteiger partial charge in [-0.25, -0.2) is 5.43 Å².